The molecule has 6 nitrogen and oxygen atoms in total. The second-order valence-corrected chi connectivity index (χ2v) is 10.6. The van der Waals surface area contributed by atoms with Crippen LogP contribution in [0.25, 0.3) is 11.0 Å². The molecule has 1 aliphatic heterocycles. The number of nitrogens with zero attached hydrogens (tertiary/aromatic N) is 1. The first kappa shape index (κ1) is 21.6. The smallest absolute Gasteiger partial charge is 0.287 e. The van der Waals surface area contributed by atoms with Crippen molar-refractivity contribution in [3.05, 3.63) is 71.5 Å². The Morgan fingerprint density at radius 2 is 1.87 bits per heavy atom. The van der Waals surface area contributed by atoms with Crippen LogP contribution in [0.3, 0.4) is 0 Å². The lowest BCUT2D eigenvalue weighted by molar-refractivity contribution is 0.0904. The van der Waals surface area contributed by atoms with Gasteiger partial charge in [0.15, 0.2) is 15.6 Å². The number of nitrogens with one attached hydrogen (secondary N) is 1. The van der Waals surface area contributed by atoms with Gasteiger partial charge >= 0.3 is 0 Å². The van der Waals surface area contributed by atoms with Gasteiger partial charge in [-0.2, -0.15) is 0 Å². The molecule has 0 saturated carbocycles. The van der Waals surface area contributed by atoms with Crippen molar-refractivity contribution in [1.82, 2.24) is 10.2 Å². The van der Waals surface area contributed by atoms with Crippen molar-refractivity contribution in [2.45, 2.75) is 25.1 Å². The number of carbonyl (C=O) groups excluding carboxylic acids is 1. The minimum atomic E-state index is -3.31. The Hall–Kier alpha value is -2.64. The van der Waals surface area contributed by atoms with Crippen LogP contribution in [0.5, 0.6) is 0 Å². The fourth-order valence-corrected chi connectivity index (χ4v) is 5.12. The molecule has 1 fully saturated rings. The van der Waals surface area contributed by atoms with E-state index in [1.165, 1.54) is 11.8 Å². The fraction of sp³-hybridized carbons (Fsp3) is 0.375. The minimum absolute atomic E-state index is 0.101. The largest absolute Gasteiger partial charge is 0.451 e. The van der Waals surface area contributed by atoms with Gasteiger partial charge in [0.1, 0.15) is 5.58 Å². The molecule has 2 heterocycles. The summed E-state index contributed by atoms with van der Waals surface area (Å²) in [5.41, 5.74) is 2.25. The molecule has 1 N–H and O–H groups in total. The van der Waals surface area contributed by atoms with E-state index in [4.69, 9.17) is 4.42 Å². The van der Waals surface area contributed by atoms with Crippen molar-refractivity contribution in [3.8, 4) is 0 Å². The zero-order chi connectivity index (χ0) is 21.8. The normalized spacial score (nSPS) is 17.6. The SMILES string of the molecule is CS(=O)(=O)Cc1c(C(=O)NCC2CCCN(Cc3ccccc3)C2)oc2ccccc12. The Morgan fingerprint density at radius 1 is 1.13 bits per heavy atom. The Kier molecular flexibility index (Phi) is 6.43. The number of furan rings is 1. The van der Waals surface area contributed by atoms with Gasteiger partial charge in [-0.25, -0.2) is 8.42 Å². The molecule has 1 aliphatic rings. The maximum absolute atomic E-state index is 12.9. The molecular formula is C24H28N2O4S. The first-order valence-electron chi connectivity index (χ1n) is 10.6. The number of hydrogen-bond donors (Lipinski definition) is 1. The van der Waals surface area contributed by atoms with Crippen LogP contribution in [0.15, 0.2) is 59.0 Å². The molecule has 1 saturated heterocycles. The summed E-state index contributed by atoms with van der Waals surface area (Å²) < 4.78 is 29.6. The third-order valence-corrected chi connectivity index (χ3v) is 6.53. The summed E-state index contributed by atoms with van der Waals surface area (Å²) in [6.45, 7) is 3.43. The molecule has 164 valence electrons. The summed E-state index contributed by atoms with van der Waals surface area (Å²) in [6.07, 6.45) is 3.32. The summed E-state index contributed by atoms with van der Waals surface area (Å²) >= 11 is 0. The lowest BCUT2D eigenvalue weighted by Crippen LogP contribution is -2.40. The highest BCUT2D eigenvalue weighted by molar-refractivity contribution is 7.89. The molecule has 1 aromatic heterocycles. The first-order valence-corrected chi connectivity index (χ1v) is 12.7. The molecule has 1 unspecified atom stereocenters. The highest BCUT2D eigenvalue weighted by atomic mass is 32.2. The highest BCUT2D eigenvalue weighted by Crippen LogP contribution is 2.28. The summed E-state index contributed by atoms with van der Waals surface area (Å²) in [5.74, 6) is -0.121. The molecule has 7 heteroatoms. The number of carbonyl (C=O) groups is 1. The molecule has 31 heavy (non-hydrogen) atoms. The zero-order valence-corrected chi connectivity index (χ0v) is 18.5. The van der Waals surface area contributed by atoms with Crippen LogP contribution in [0, 0.1) is 5.92 Å². The predicted molar refractivity (Wildman–Crippen MR) is 122 cm³/mol. The molecule has 1 amide bonds. The van der Waals surface area contributed by atoms with Gasteiger partial charge in [0.05, 0.1) is 5.75 Å². The van der Waals surface area contributed by atoms with E-state index in [1.807, 2.05) is 12.1 Å². The first-order chi connectivity index (χ1) is 14.9. The van der Waals surface area contributed by atoms with Crippen molar-refractivity contribution >= 4 is 26.7 Å². The second-order valence-electron chi connectivity index (χ2n) is 8.41. The molecule has 0 spiro atoms. The molecule has 1 atom stereocenters. The second kappa shape index (κ2) is 9.24. The topological polar surface area (TPSA) is 79.6 Å². The number of rotatable bonds is 7. The van der Waals surface area contributed by atoms with Crippen molar-refractivity contribution in [2.24, 2.45) is 5.92 Å². The van der Waals surface area contributed by atoms with E-state index in [9.17, 15) is 13.2 Å². The third-order valence-electron chi connectivity index (χ3n) is 5.71. The molecule has 0 bridgehead atoms. The number of fused-ring (bicyclic) bond motifs is 1. The van der Waals surface area contributed by atoms with E-state index in [2.05, 4.69) is 34.5 Å². The van der Waals surface area contributed by atoms with Crippen LogP contribution in [-0.4, -0.2) is 45.1 Å². The molecule has 4 rings (SSSR count). The van der Waals surface area contributed by atoms with Gasteiger partial charge in [-0.05, 0) is 36.9 Å². The molecule has 0 radical (unpaired) electrons. The molecule has 3 aromatic rings. The van der Waals surface area contributed by atoms with Crippen LogP contribution < -0.4 is 5.32 Å². The molecular weight excluding hydrogens is 412 g/mol. The molecule has 2 aromatic carbocycles. The Labute approximate surface area is 183 Å². The van der Waals surface area contributed by atoms with Crippen LogP contribution in [0.1, 0.15) is 34.5 Å². The fourth-order valence-electron chi connectivity index (χ4n) is 4.31. The zero-order valence-electron chi connectivity index (χ0n) is 17.7. The van der Waals surface area contributed by atoms with Crippen LogP contribution in [0.2, 0.25) is 0 Å². The monoisotopic (exact) mass is 440 g/mol. The van der Waals surface area contributed by atoms with Crippen LogP contribution in [-0.2, 0) is 22.1 Å². The number of sulfone groups is 1. The summed E-state index contributed by atoms with van der Waals surface area (Å²) in [6, 6.07) is 17.6. The van der Waals surface area contributed by atoms with Crippen molar-refractivity contribution < 1.29 is 17.6 Å². The minimum Gasteiger partial charge on any atom is -0.451 e. The van der Waals surface area contributed by atoms with E-state index >= 15 is 0 Å². The van der Waals surface area contributed by atoms with Gasteiger partial charge in [-0.1, -0.05) is 48.5 Å². The third kappa shape index (κ3) is 5.54. The predicted octanol–water partition coefficient (Wildman–Crippen LogP) is 3.62. The van der Waals surface area contributed by atoms with E-state index in [1.54, 1.807) is 18.2 Å². The average molecular weight is 441 g/mol. The van der Waals surface area contributed by atoms with Crippen molar-refractivity contribution in [3.63, 3.8) is 0 Å². The number of benzene rings is 2. The number of hydrogen-bond acceptors (Lipinski definition) is 5. The van der Waals surface area contributed by atoms with E-state index in [0.29, 0.717) is 29.0 Å². The quantitative estimate of drug-likeness (QED) is 0.607. The Balaban J connectivity index is 1.43. The Bertz CT molecular complexity index is 1150. The van der Waals surface area contributed by atoms with Gasteiger partial charge < -0.3 is 9.73 Å². The van der Waals surface area contributed by atoms with E-state index in [-0.39, 0.29) is 17.4 Å². The van der Waals surface area contributed by atoms with E-state index in [0.717, 1.165) is 32.5 Å². The Morgan fingerprint density at radius 3 is 2.65 bits per heavy atom. The van der Waals surface area contributed by atoms with Crippen molar-refractivity contribution in [1.29, 1.82) is 0 Å². The van der Waals surface area contributed by atoms with Gasteiger partial charge in [0.2, 0.25) is 0 Å². The number of likely N-dealkylation sites (tertiary alicyclic amines) is 1. The van der Waals surface area contributed by atoms with Crippen molar-refractivity contribution in [2.75, 3.05) is 25.9 Å². The number of amides is 1. The van der Waals surface area contributed by atoms with E-state index < -0.39 is 9.84 Å². The lowest BCUT2D eigenvalue weighted by Gasteiger charge is -2.32. The van der Waals surface area contributed by atoms with Crippen LogP contribution in [0.4, 0.5) is 0 Å². The lowest BCUT2D eigenvalue weighted by atomic mass is 9.97. The standard InChI is InChI=1S/C24H28N2O4S/c1-31(28,29)17-21-20-11-5-6-12-22(20)30-23(21)24(27)25-14-19-10-7-13-26(16-19)15-18-8-3-2-4-9-18/h2-6,8-9,11-12,19H,7,10,13-17H2,1H3,(H,25,27). The summed E-state index contributed by atoms with van der Waals surface area (Å²) in [5, 5.41) is 3.66. The van der Waals surface area contributed by atoms with Gasteiger partial charge in [0.25, 0.3) is 5.91 Å². The van der Waals surface area contributed by atoms with Crippen LogP contribution >= 0.6 is 0 Å². The average Bonchev–Trinajstić information content (AvgIpc) is 3.10. The highest BCUT2D eigenvalue weighted by Gasteiger charge is 2.25. The van der Waals surface area contributed by atoms with Gasteiger partial charge in [0, 0.05) is 36.8 Å². The maximum Gasteiger partial charge on any atom is 0.287 e. The van der Waals surface area contributed by atoms with Gasteiger partial charge in [-0.15, -0.1) is 0 Å². The summed E-state index contributed by atoms with van der Waals surface area (Å²) in [4.78, 5) is 15.3. The number of para-hydroxylation sites is 1. The summed E-state index contributed by atoms with van der Waals surface area (Å²) in [7, 11) is -3.31. The number of piperidine rings is 1. The molecule has 0 aliphatic carbocycles. The maximum atomic E-state index is 12.9. The van der Waals surface area contributed by atoms with Gasteiger partial charge in [-0.3, -0.25) is 9.69 Å².